The van der Waals surface area contributed by atoms with Gasteiger partial charge in [0.05, 0.1) is 5.56 Å². The Bertz CT molecular complexity index is 744. The van der Waals surface area contributed by atoms with Crippen molar-refractivity contribution in [1.82, 2.24) is 10.1 Å². The summed E-state index contributed by atoms with van der Waals surface area (Å²) in [5, 5.41) is 6.32. The van der Waals surface area contributed by atoms with E-state index in [0.29, 0.717) is 31.0 Å². The number of carbonyl (C=O) groups is 2. The summed E-state index contributed by atoms with van der Waals surface area (Å²) in [7, 11) is 0. The molecule has 1 unspecified atom stereocenters. The molecule has 1 saturated heterocycles. The van der Waals surface area contributed by atoms with E-state index in [0.717, 1.165) is 0 Å². The van der Waals surface area contributed by atoms with Gasteiger partial charge in [-0.05, 0) is 31.9 Å². The molecule has 1 aliphatic rings. The Morgan fingerprint density at radius 2 is 2.17 bits per heavy atom. The maximum atomic E-state index is 13.8. The quantitative estimate of drug-likeness (QED) is 0.943. The van der Waals surface area contributed by atoms with Crippen LogP contribution in [0.5, 0.6) is 0 Å². The van der Waals surface area contributed by atoms with Crippen LogP contribution in [0.15, 0.2) is 34.9 Å². The number of benzene rings is 1. The molecule has 3 rings (SSSR count). The first-order valence-corrected chi connectivity index (χ1v) is 7.36. The molecule has 1 fully saturated rings. The molecule has 1 atom stereocenters. The fourth-order valence-corrected chi connectivity index (χ4v) is 2.71. The van der Waals surface area contributed by atoms with Gasteiger partial charge >= 0.3 is 0 Å². The lowest BCUT2D eigenvalue weighted by atomic mass is 10.1. The summed E-state index contributed by atoms with van der Waals surface area (Å²) in [6.45, 7) is 2.13. The monoisotopic (exact) mass is 317 g/mol. The fraction of sp³-hybridized carbons (Fsp3) is 0.312. The van der Waals surface area contributed by atoms with Crippen molar-refractivity contribution in [3.8, 4) is 0 Å². The Kier molecular flexibility index (Phi) is 4.10. The van der Waals surface area contributed by atoms with Crippen molar-refractivity contribution in [2.75, 3.05) is 11.9 Å². The number of amides is 2. The normalized spacial score (nSPS) is 17.3. The van der Waals surface area contributed by atoms with Gasteiger partial charge in [-0.1, -0.05) is 17.3 Å². The Morgan fingerprint density at radius 3 is 2.87 bits per heavy atom. The predicted octanol–water partition coefficient (Wildman–Crippen LogP) is 2.37. The Labute approximate surface area is 132 Å². The lowest BCUT2D eigenvalue weighted by Gasteiger charge is -2.23. The third-order valence-electron chi connectivity index (χ3n) is 3.80. The molecular weight excluding hydrogens is 301 g/mol. The standard InChI is InChI=1S/C16H16FN3O3/c1-10-9-14(19-23-10)18-15(21)13-7-4-8-20(13)16(22)11-5-2-3-6-12(11)17/h2-3,5-6,9,13H,4,7-8H2,1H3,(H,18,19,21). The lowest BCUT2D eigenvalue weighted by molar-refractivity contribution is -0.119. The molecule has 1 aromatic carbocycles. The summed E-state index contributed by atoms with van der Waals surface area (Å²) < 4.78 is 18.7. The zero-order valence-corrected chi connectivity index (χ0v) is 12.6. The number of hydrogen-bond donors (Lipinski definition) is 1. The van der Waals surface area contributed by atoms with Crippen LogP contribution in [0.4, 0.5) is 10.2 Å². The SMILES string of the molecule is Cc1cc(NC(=O)C2CCCN2C(=O)c2ccccc2F)no1. The third kappa shape index (κ3) is 3.08. The second kappa shape index (κ2) is 6.20. The van der Waals surface area contributed by atoms with E-state index < -0.39 is 17.8 Å². The molecule has 0 spiro atoms. The highest BCUT2D eigenvalue weighted by molar-refractivity contribution is 6.01. The van der Waals surface area contributed by atoms with E-state index in [9.17, 15) is 14.0 Å². The Hall–Kier alpha value is -2.70. The van der Waals surface area contributed by atoms with Crippen molar-refractivity contribution in [3.63, 3.8) is 0 Å². The van der Waals surface area contributed by atoms with Crippen LogP contribution < -0.4 is 5.32 Å². The van der Waals surface area contributed by atoms with Gasteiger partial charge in [-0.3, -0.25) is 9.59 Å². The van der Waals surface area contributed by atoms with Crippen LogP contribution in [0.3, 0.4) is 0 Å². The van der Waals surface area contributed by atoms with Crippen LogP contribution in [0.25, 0.3) is 0 Å². The second-order valence-electron chi connectivity index (χ2n) is 5.45. The minimum atomic E-state index is -0.640. The van der Waals surface area contributed by atoms with Gasteiger partial charge in [-0.2, -0.15) is 0 Å². The van der Waals surface area contributed by atoms with Gasteiger partial charge < -0.3 is 14.7 Å². The molecule has 6 nitrogen and oxygen atoms in total. The molecular formula is C16H16FN3O3. The van der Waals surface area contributed by atoms with Gasteiger partial charge in [0.2, 0.25) is 5.91 Å². The molecule has 120 valence electrons. The number of aromatic nitrogens is 1. The summed E-state index contributed by atoms with van der Waals surface area (Å²) in [6, 6.07) is 6.73. The average Bonchev–Trinajstić information content (AvgIpc) is 3.16. The summed E-state index contributed by atoms with van der Waals surface area (Å²) in [4.78, 5) is 26.3. The van der Waals surface area contributed by atoms with Gasteiger partial charge in [0.1, 0.15) is 17.6 Å². The largest absolute Gasteiger partial charge is 0.360 e. The maximum absolute atomic E-state index is 13.8. The number of likely N-dealkylation sites (tertiary alicyclic amines) is 1. The van der Waals surface area contributed by atoms with E-state index in [1.54, 1.807) is 19.1 Å². The molecule has 23 heavy (non-hydrogen) atoms. The van der Waals surface area contributed by atoms with E-state index >= 15 is 0 Å². The average molecular weight is 317 g/mol. The van der Waals surface area contributed by atoms with Crippen molar-refractivity contribution in [2.24, 2.45) is 0 Å². The maximum Gasteiger partial charge on any atom is 0.257 e. The molecule has 0 saturated carbocycles. The summed E-state index contributed by atoms with van der Waals surface area (Å²) in [5.74, 6) is -0.531. The molecule has 7 heteroatoms. The molecule has 2 amide bonds. The van der Waals surface area contributed by atoms with E-state index in [4.69, 9.17) is 4.52 Å². The summed E-state index contributed by atoms with van der Waals surface area (Å²) in [5.41, 5.74) is -0.0236. The van der Waals surface area contributed by atoms with E-state index in [1.807, 2.05) is 0 Å². The third-order valence-corrected chi connectivity index (χ3v) is 3.80. The number of anilines is 1. The number of hydrogen-bond acceptors (Lipinski definition) is 4. The van der Waals surface area contributed by atoms with Gasteiger partial charge in [0, 0.05) is 12.6 Å². The predicted molar refractivity (Wildman–Crippen MR) is 80.3 cm³/mol. The van der Waals surface area contributed by atoms with Crippen LogP contribution in [0.2, 0.25) is 0 Å². The van der Waals surface area contributed by atoms with Gasteiger partial charge in [0.15, 0.2) is 5.82 Å². The molecule has 1 N–H and O–H groups in total. The lowest BCUT2D eigenvalue weighted by Crippen LogP contribution is -2.43. The smallest absolute Gasteiger partial charge is 0.257 e. The highest BCUT2D eigenvalue weighted by Crippen LogP contribution is 2.22. The molecule has 0 radical (unpaired) electrons. The second-order valence-corrected chi connectivity index (χ2v) is 5.45. The molecule has 0 aliphatic carbocycles. The van der Waals surface area contributed by atoms with Crippen LogP contribution in [0, 0.1) is 12.7 Å². The van der Waals surface area contributed by atoms with Gasteiger partial charge in [-0.15, -0.1) is 0 Å². The molecule has 0 bridgehead atoms. The van der Waals surface area contributed by atoms with E-state index in [1.165, 1.54) is 23.1 Å². The van der Waals surface area contributed by atoms with Crippen molar-refractivity contribution in [2.45, 2.75) is 25.8 Å². The van der Waals surface area contributed by atoms with Gasteiger partial charge in [0.25, 0.3) is 5.91 Å². The number of halogens is 1. The van der Waals surface area contributed by atoms with Crippen molar-refractivity contribution in [3.05, 3.63) is 47.5 Å². The van der Waals surface area contributed by atoms with E-state index in [2.05, 4.69) is 10.5 Å². The van der Waals surface area contributed by atoms with E-state index in [-0.39, 0.29) is 11.5 Å². The summed E-state index contributed by atoms with van der Waals surface area (Å²) in [6.07, 6.45) is 1.22. The van der Waals surface area contributed by atoms with Crippen molar-refractivity contribution in [1.29, 1.82) is 0 Å². The first kappa shape index (κ1) is 15.2. The van der Waals surface area contributed by atoms with Crippen molar-refractivity contribution >= 4 is 17.6 Å². The van der Waals surface area contributed by atoms with Gasteiger partial charge in [-0.25, -0.2) is 4.39 Å². The molecule has 1 aliphatic heterocycles. The molecule has 2 aromatic rings. The number of nitrogens with zero attached hydrogens (tertiary/aromatic N) is 2. The van der Waals surface area contributed by atoms with Crippen LogP contribution in [0.1, 0.15) is 29.0 Å². The zero-order valence-electron chi connectivity index (χ0n) is 12.6. The topological polar surface area (TPSA) is 75.4 Å². The summed E-state index contributed by atoms with van der Waals surface area (Å²) >= 11 is 0. The van der Waals surface area contributed by atoms with Crippen molar-refractivity contribution < 1.29 is 18.5 Å². The number of carbonyl (C=O) groups excluding carboxylic acids is 2. The van der Waals surface area contributed by atoms with Crippen LogP contribution >= 0.6 is 0 Å². The van der Waals surface area contributed by atoms with Crippen LogP contribution in [-0.4, -0.2) is 34.5 Å². The molecule has 1 aromatic heterocycles. The Balaban J connectivity index is 1.76. The fourth-order valence-electron chi connectivity index (χ4n) is 2.71. The minimum absolute atomic E-state index is 0.0236. The number of rotatable bonds is 3. The first-order chi connectivity index (χ1) is 11.1. The number of nitrogens with one attached hydrogen (secondary N) is 1. The molecule has 2 heterocycles. The zero-order chi connectivity index (χ0) is 16.4. The highest BCUT2D eigenvalue weighted by atomic mass is 19.1. The first-order valence-electron chi connectivity index (χ1n) is 7.36. The van der Waals surface area contributed by atoms with Crippen LogP contribution in [-0.2, 0) is 4.79 Å². The highest BCUT2D eigenvalue weighted by Gasteiger charge is 2.35. The minimum Gasteiger partial charge on any atom is -0.360 e. The Morgan fingerprint density at radius 1 is 1.39 bits per heavy atom. The number of aryl methyl sites for hydroxylation is 1.